The highest BCUT2D eigenvalue weighted by atomic mass is 32.1. The Hall–Kier alpha value is -3.71. The molecule has 4 aromatic rings. The first kappa shape index (κ1) is 18.6. The molecule has 0 radical (unpaired) electrons. The van der Waals surface area contributed by atoms with Crippen LogP contribution in [-0.4, -0.2) is 16.0 Å². The summed E-state index contributed by atoms with van der Waals surface area (Å²) in [4.78, 5) is 16.5. The second-order valence-electron chi connectivity index (χ2n) is 6.31. The number of anilines is 1. The van der Waals surface area contributed by atoms with Crippen LogP contribution in [0.1, 0.15) is 11.3 Å². The van der Waals surface area contributed by atoms with Crippen molar-refractivity contribution in [2.75, 3.05) is 5.32 Å². The molecule has 0 saturated carbocycles. The van der Waals surface area contributed by atoms with Crippen LogP contribution in [0.4, 0.5) is 5.69 Å². The van der Waals surface area contributed by atoms with Crippen molar-refractivity contribution in [1.29, 1.82) is 0 Å². The molecule has 0 unspecified atom stereocenters. The Morgan fingerprint density at radius 1 is 1.14 bits per heavy atom. The van der Waals surface area contributed by atoms with Crippen molar-refractivity contribution in [2.45, 2.75) is 6.92 Å². The zero-order chi connectivity index (χ0) is 20.2. The maximum Gasteiger partial charge on any atom is 0.250 e. The van der Waals surface area contributed by atoms with Crippen molar-refractivity contribution in [3.05, 3.63) is 78.3 Å². The molecule has 0 fully saturated rings. The number of thiocarbonyl (C=S) groups is 1. The number of nitrogens with one attached hydrogen (secondary N) is 2. The minimum absolute atomic E-state index is 0.192. The summed E-state index contributed by atoms with van der Waals surface area (Å²) in [6.45, 7) is 1.94. The number of aryl methyl sites for hydroxylation is 1. The highest BCUT2D eigenvalue weighted by molar-refractivity contribution is 7.80. The van der Waals surface area contributed by atoms with Crippen LogP contribution in [0.5, 0.6) is 0 Å². The second-order valence-corrected chi connectivity index (χ2v) is 6.72. The fourth-order valence-corrected chi connectivity index (χ4v) is 2.95. The molecule has 7 heteroatoms. The van der Waals surface area contributed by atoms with Gasteiger partial charge in [-0.05, 0) is 67.2 Å². The number of hydrogen-bond acceptors (Lipinski definition) is 5. The largest absolute Gasteiger partial charge is 0.465 e. The van der Waals surface area contributed by atoms with Crippen LogP contribution in [0.3, 0.4) is 0 Å². The summed E-state index contributed by atoms with van der Waals surface area (Å²) in [7, 11) is 0. The van der Waals surface area contributed by atoms with Gasteiger partial charge in [0.05, 0.1) is 6.26 Å². The van der Waals surface area contributed by atoms with E-state index in [1.165, 1.54) is 12.3 Å². The lowest BCUT2D eigenvalue weighted by Gasteiger charge is -2.11. The standard InChI is InChI=1S/C22H17N3O3S/c1-14-8-9-15(21-23-17-6-2-3-7-19(17)28-21)13-18(14)24-22(29)25-20(26)11-10-16-5-4-12-27-16/h2-13H,1H3,(H2,24,25,26,29). The van der Waals surface area contributed by atoms with E-state index in [-0.39, 0.29) is 11.0 Å². The summed E-state index contributed by atoms with van der Waals surface area (Å²) >= 11 is 5.26. The van der Waals surface area contributed by atoms with Gasteiger partial charge in [-0.2, -0.15) is 0 Å². The van der Waals surface area contributed by atoms with Crippen LogP contribution < -0.4 is 10.6 Å². The molecule has 2 aromatic carbocycles. The topological polar surface area (TPSA) is 80.3 Å². The third kappa shape index (κ3) is 4.41. The van der Waals surface area contributed by atoms with Gasteiger partial charge >= 0.3 is 0 Å². The first-order valence-electron chi connectivity index (χ1n) is 8.88. The van der Waals surface area contributed by atoms with E-state index in [2.05, 4.69) is 15.6 Å². The van der Waals surface area contributed by atoms with Crippen molar-refractivity contribution in [1.82, 2.24) is 10.3 Å². The van der Waals surface area contributed by atoms with Crippen LogP contribution >= 0.6 is 12.2 Å². The number of carbonyl (C=O) groups is 1. The molecule has 4 rings (SSSR count). The van der Waals surface area contributed by atoms with Gasteiger partial charge in [-0.1, -0.05) is 18.2 Å². The SMILES string of the molecule is Cc1ccc(-c2nc3ccccc3o2)cc1NC(=S)NC(=O)C=Cc1ccco1. The number of nitrogens with zero attached hydrogens (tertiary/aromatic N) is 1. The van der Waals surface area contributed by atoms with Crippen molar-refractivity contribution >= 4 is 46.1 Å². The van der Waals surface area contributed by atoms with Gasteiger partial charge in [0, 0.05) is 17.3 Å². The normalized spacial score (nSPS) is 11.1. The maximum atomic E-state index is 12.0. The number of benzene rings is 2. The van der Waals surface area contributed by atoms with E-state index >= 15 is 0 Å². The molecule has 0 aliphatic heterocycles. The molecule has 0 aliphatic rings. The van der Waals surface area contributed by atoms with Crippen LogP contribution in [0.2, 0.25) is 0 Å². The van der Waals surface area contributed by atoms with Gasteiger partial charge in [-0.25, -0.2) is 4.98 Å². The first-order chi connectivity index (χ1) is 14.1. The highest BCUT2D eigenvalue weighted by Crippen LogP contribution is 2.27. The van der Waals surface area contributed by atoms with Crippen LogP contribution in [0.25, 0.3) is 28.6 Å². The van der Waals surface area contributed by atoms with Gasteiger partial charge in [-0.15, -0.1) is 0 Å². The molecule has 29 heavy (non-hydrogen) atoms. The van der Waals surface area contributed by atoms with Gasteiger partial charge in [0.15, 0.2) is 10.7 Å². The van der Waals surface area contributed by atoms with E-state index in [4.69, 9.17) is 21.1 Å². The molecule has 2 N–H and O–H groups in total. The molecule has 0 atom stereocenters. The Labute approximate surface area is 172 Å². The Kier molecular flexibility index (Phi) is 5.22. The zero-order valence-electron chi connectivity index (χ0n) is 15.5. The predicted molar refractivity (Wildman–Crippen MR) is 116 cm³/mol. The zero-order valence-corrected chi connectivity index (χ0v) is 16.3. The summed E-state index contributed by atoms with van der Waals surface area (Å²) in [6, 6.07) is 16.8. The fraction of sp³-hybridized carbons (Fsp3) is 0.0455. The number of aromatic nitrogens is 1. The lowest BCUT2D eigenvalue weighted by molar-refractivity contribution is -0.115. The molecule has 6 nitrogen and oxygen atoms in total. The fourth-order valence-electron chi connectivity index (χ4n) is 2.74. The lowest BCUT2D eigenvalue weighted by Crippen LogP contribution is -2.33. The average molecular weight is 403 g/mol. The van der Waals surface area contributed by atoms with Gasteiger partial charge in [-0.3, -0.25) is 10.1 Å². The molecular weight excluding hydrogens is 386 g/mol. The monoisotopic (exact) mass is 403 g/mol. The second kappa shape index (κ2) is 8.12. The van der Waals surface area contributed by atoms with Gasteiger partial charge in [0.1, 0.15) is 11.3 Å². The van der Waals surface area contributed by atoms with Crippen LogP contribution in [0, 0.1) is 6.92 Å². The number of carbonyl (C=O) groups excluding carboxylic acids is 1. The molecule has 144 valence electrons. The number of para-hydroxylation sites is 2. The van der Waals surface area contributed by atoms with Crippen LogP contribution in [-0.2, 0) is 4.79 Å². The maximum absolute atomic E-state index is 12.0. The molecule has 0 spiro atoms. The first-order valence-corrected chi connectivity index (χ1v) is 9.29. The summed E-state index contributed by atoms with van der Waals surface area (Å²) in [6.07, 6.45) is 4.46. The van der Waals surface area contributed by atoms with Crippen molar-refractivity contribution < 1.29 is 13.6 Å². The molecule has 1 amide bonds. The Morgan fingerprint density at radius 2 is 2.00 bits per heavy atom. The molecule has 2 heterocycles. The van der Waals surface area contributed by atoms with Crippen LogP contribution in [0.15, 0.2) is 75.8 Å². The van der Waals surface area contributed by atoms with E-state index < -0.39 is 0 Å². The minimum Gasteiger partial charge on any atom is -0.465 e. The lowest BCUT2D eigenvalue weighted by atomic mass is 10.1. The highest BCUT2D eigenvalue weighted by Gasteiger charge is 2.11. The number of amides is 1. The Morgan fingerprint density at radius 3 is 2.79 bits per heavy atom. The quantitative estimate of drug-likeness (QED) is 0.372. The van der Waals surface area contributed by atoms with E-state index in [0.717, 1.165) is 27.9 Å². The summed E-state index contributed by atoms with van der Waals surface area (Å²) in [5, 5.41) is 5.86. The van der Waals surface area contributed by atoms with Crippen molar-refractivity contribution in [3.63, 3.8) is 0 Å². The average Bonchev–Trinajstić information content (AvgIpc) is 3.37. The Balaban J connectivity index is 1.47. The van der Waals surface area contributed by atoms with Crippen molar-refractivity contribution in [2.24, 2.45) is 0 Å². The summed E-state index contributed by atoms with van der Waals surface area (Å²) < 4.78 is 11.0. The molecule has 0 aliphatic carbocycles. The number of furan rings is 1. The van der Waals surface area contributed by atoms with E-state index in [9.17, 15) is 4.79 Å². The summed E-state index contributed by atoms with van der Waals surface area (Å²) in [5.41, 5.74) is 4.05. The number of hydrogen-bond donors (Lipinski definition) is 2. The van der Waals surface area contributed by atoms with E-state index in [1.807, 2.05) is 49.4 Å². The smallest absolute Gasteiger partial charge is 0.250 e. The minimum atomic E-state index is -0.355. The molecule has 2 aromatic heterocycles. The van der Waals surface area contributed by atoms with Gasteiger partial charge < -0.3 is 14.2 Å². The third-order valence-corrected chi connectivity index (χ3v) is 4.41. The number of rotatable bonds is 4. The molecular formula is C22H17N3O3S. The Bertz CT molecular complexity index is 1180. The molecule has 0 bridgehead atoms. The van der Waals surface area contributed by atoms with Gasteiger partial charge in [0.2, 0.25) is 11.8 Å². The number of oxazole rings is 1. The number of fused-ring (bicyclic) bond motifs is 1. The van der Waals surface area contributed by atoms with Gasteiger partial charge in [0.25, 0.3) is 0 Å². The molecule has 0 saturated heterocycles. The third-order valence-electron chi connectivity index (χ3n) is 4.21. The van der Waals surface area contributed by atoms with E-state index in [0.29, 0.717) is 11.7 Å². The predicted octanol–water partition coefficient (Wildman–Crippen LogP) is 4.92. The summed E-state index contributed by atoms with van der Waals surface area (Å²) in [5.74, 6) is 0.748. The van der Waals surface area contributed by atoms with E-state index in [1.54, 1.807) is 18.2 Å². The van der Waals surface area contributed by atoms with Crippen molar-refractivity contribution in [3.8, 4) is 11.5 Å².